The Morgan fingerprint density at radius 1 is 0.714 bits per heavy atom. The third kappa shape index (κ3) is 4.56. The number of nitrogens with zero attached hydrogens (tertiary/aromatic N) is 1. The summed E-state index contributed by atoms with van der Waals surface area (Å²) in [4.78, 5) is 10.9. The van der Waals surface area contributed by atoms with E-state index in [4.69, 9.17) is 0 Å². The van der Waals surface area contributed by atoms with Gasteiger partial charge >= 0.3 is 0 Å². The van der Waals surface area contributed by atoms with Crippen LogP contribution >= 0.6 is 12.6 Å². The molecule has 0 heterocycles. The van der Waals surface area contributed by atoms with Crippen LogP contribution in [0, 0.1) is 45.4 Å². The van der Waals surface area contributed by atoms with Gasteiger partial charge in [0.2, 0.25) is 0 Å². The zero-order valence-corrected chi connectivity index (χ0v) is 15.1. The van der Waals surface area contributed by atoms with Crippen molar-refractivity contribution >= 4 is 18.3 Å². The molecule has 3 aromatic carbocycles. The molecule has 136 valence electrons. The van der Waals surface area contributed by atoms with E-state index in [0.717, 1.165) is 4.90 Å². The highest BCUT2D eigenvalue weighted by Gasteiger charge is 2.11. The molecule has 0 saturated heterocycles. The van der Waals surface area contributed by atoms with Crippen LogP contribution in [0.15, 0.2) is 65.6 Å². The lowest BCUT2D eigenvalue weighted by molar-refractivity contribution is -0.384. The minimum Gasteiger partial charge on any atom is -0.258 e. The number of non-ortho nitro benzene ring substituents is 1. The van der Waals surface area contributed by atoms with Crippen molar-refractivity contribution in [3.05, 3.63) is 105 Å². The summed E-state index contributed by atoms with van der Waals surface area (Å²) < 4.78 is 28.5. The zero-order valence-electron chi connectivity index (χ0n) is 14.2. The first kappa shape index (κ1) is 19.2. The minimum atomic E-state index is -1.09. The Hall–Kier alpha value is -3.61. The molecule has 6 heteroatoms. The summed E-state index contributed by atoms with van der Waals surface area (Å²) in [5.74, 6) is 8.40. The van der Waals surface area contributed by atoms with Gasteiger partial charge in [0.25, 0.3) is 5.69 Å². The van der Waals surface area contributed by atoms with Crippen LogP contribution in [0.2, 0.25) is 0 Å². The van der Waals surface area contributed by atoms with Crippen LogP contribution in [0.5, 0.6) is 0 Å². The molecule has 0 aliphatic carbocycles. The van der Waals surface area contributed by atoms with E-state index in [-0.39, 0.29) is 16.8 Å². The first-order valence-electron chi connectivity index (χ1n) is 7.99. The lowest BCUT2D eigenvalue weighted by Gasteiger charge is -1.99. The van der Waals surface area contributed by atoms with Gasteiger partial charge in [-0.3, -0.25) is 10.1 Å². The predicted octanol–water partition coefficient (Wildman–Crippen LogP) is 4.96. The quantitative estimate of drug-likeness (QED) is 0.276. The maximum absolute atomic E-state index is 14.3. The van der Waals surface area contributed by atoms with Gasteiger partial charge in [-0.05, 0) is 48.5 Å². The van der Waals surface area contributed by atoms with Crippen molar-refractivity contribution in [1.82, 2.24) is 0 Å². The number of hydrogen-bond acceptors (Lipinski definition) is 3. The molecule has 0 bridgehead atoms. The van der Waals surface area contributed by atoms with Crippen molar-refractivity contribution in [3.8, 4) is 23.7 Å². The molecule has 0 fully saturated rings. The molecule has 3 rings (SSSR count). The summed E-state index contributed by atoms with van der Waals surface area (Å²) in [5, 5.41) is 10.6. The fraction of sp³-hybridized carbons (Fsp3) is 0. The predicted molar refractivity (Wildman–Crippen MR) is 105 cm³/mol. The summed E-state index contributed by atoms with van der Waals surface area (Å²) in [6.45, 7) is 0. The van der Waals surface area contributed by atoms with Gasteiger partial charge in [0.05, 0.1) is 16.1 Å². The highest BCUT2D eigenvalue weighted by molar-refractivity contribution is 7.80. The third-order valence-electron chi connectivity index (χ3n) is 3.71. The van der Waals surface area contributed by atoms with Crippen LogP contribution in [0.1, 0.15) is 22.3 Å². The second-order valence-corrected chi connectivity index (χ2v) is 6.16. The standard InChI is InChI=1S/C22H11F2NO2S/c23-21-17(7-1-15-3-11-19(12-4-15)25(26)27)9-10-18(22(21)24)8-2-16-5-13-20(28)14-6-16/h3-6,9-14,28H. The number of halogens is 2. The molecule has 0 amide bonds. The van der Waals surface area contributed by atoms with Crippen LogP contribution in [0.25, 0.3) is 0 Å². The molecule has 28 heavy (non-hydrogen) atoms. The topological polar surface area (TPSA) is 43.1 Å². The minimum absolute atomic E-state index is 0.0743. The third-order valence-corrected chi connectivity index (χ3v) is 4.01. The summed E-state index contributed by atoms with van der Waals surface area (Å²) >= 11 is 4.17. The number of benzene rings is 3. The number of hydrogen-bond donors (Lipinski definition) is 1. The van der Waals surface area contributed by atoms with Gasteiger partial charge in [0.15, 0.2) is 11.6 Å². The van der Waals surface area contributed by atoms with Gasteiger partial charge < -0.3 is 0 Å². The SMILES string of the molecule is O=[N+]([O-])c1ccc(C#Cc2ccc(C#Cc3ccc(S)cc3)c(F)c2F)cc1. The van der Waals surface area contributed by atoms with Crippen LogP contribution in [0.3, 0.4) is 0 Å². The van der Waals surface area contributed by atoms with Gasteiger partial charge in [0.1, 0.15) is 0 Å². The van der Waals surface area contributed by atoms with E-state index < -0.39 is 16.6 Å². The summed E-state index contributed by atoms with van der Waals surface area (Å²) in [6, 6.07) is 15.1. The highest BCUT2D eigenvalue weighted by atomic mass is 32.1. The molecular weight excluding hydrogens is 380 g/mol. The fourth-order valence-electron chi connectivity index (χ4n) is 2.23. The van der Waals surface area contributed by atoms with Gasteiger partial charge in [-0.15, -0.1) is 12.6 Å². The lowest BCUT2D eigenvalue weighted by Crippen LogP contribution is -1.94. The van der Waals surface area contributed by atoms with Gasteiger partial charge in [-0.1, -0.05) is 23.7 Å². The summed E-state index contributed by atoms with van der Waals surface area (Å²) in [5.41, 5.74) is 0.824. The summed E-state index contributed by atoms with van der Waals surface area (Å²) in [7, 11) is 0. The van der Waals surface area contributed by atoms with E-state index >= 15 is 0 Å². The van der Waals surface area contributed by atoms with Crippen molar-refractivity contribution in [2.75, 3.05) is 0 Å². The van der Waals surface area contributed by atoms with Crippen LogP contribution < -0.4 is 0 Å². The van der Waals surface area contributed by atoms with E-state index in [0.29, 0.717) is 11.1 Å². The molecule has 3 nitrogen and oxygen atoms in total. The van der Waals surface area contributed by atoms with Crippen molar-refractivity contribution < 1.29 is 13.7 Å². The van der Waals surface area contributed by atoms with Crippen molar-refractivity contribution in [3.63, 3.8) is 0 Å². The van der Waals surface area contributed by atoms with Gasteiger partial charge in [-0.2, -0.15) is 0 Å². The van der Waals surface area contributed by atoms with E-state index in [9.17, 15) is 18.9 Å². The summed E-state index contributed by atoms with van der Waals surface area (Å²) in [6.07, 6.45) is 0. The molecule has 3 aromatic rings. The lowest BCUT2D eigenvalue weighted by atomic mass is 10.1. The molecule has 0 atom stereocenters. The molecule has 0 aromatic heterocycles. The highest BCUT2D eigenvalue weighted by Crippen LogP contribution is 2.16. The fourth-order valence-corrected chi connectivity index (χ4v) is 2.38. The molecule has 0 spiro atoms. The van der Waals surface area contributed by atoms with Crippen LogP contribution in [0.4, 0.5) is 14.5 Å². The smallest absolute Gasteiger partial charge is 0.258 e. The number of nitro benzene ring substituents is 1. The Morgan fingerprint density at radius 2 is 1.14 bits per heavy atom. The molecule has 0 N–H and O–H groups in total. The van der Waals surface area contributed by atoms with Crippen molar-refractivity contribution in [1.29, 1.82) is 0 Å². The van der Waals surface area contributed by atoms with E-state index in [1.54, 1.807) is 24.3 Å². The largest absolute Gasteiger partial charge is 0.269 e. The molecule has 0 radical (unpaired) electrons. The monoisotopic (exact) mass is 391 g/mol. The Balaban J connectivity index is 1.85. The number of rotatable bonds is 1. The number of nitro groups is 1. The first-order valence-corrected chi connectivity index (χ1v) is 8.44. The average molecular weight is 391 g/mol. The Morgan fingerprint density at radius 3 is 1.57 bits per heavy atom. The Bertz CT molecular complexity index is 1170. The van der Waals surface area contributed by atoms with E-state index in [1.165, 1.54) is 36.4 Å². The molecular formula is C22H11F2NO2S. The Kier molecular flexibility index (Phi) is 5.74. The maximum atomic E-state index is 14.3. The second kappa shape index (κ2) is 8.39. The zero-order chi connectivity index (χ0) is 20.1. The second-order valence-electron chi connectivity index (χ2n) is 5.64. The molecule has 0 aliphatic heterocycles. The molecule has 0 aliphatic rings. The average Bonchev–Trinajstić information content (AvgIpc) is 2.70. The maximum Gasteiger partial charge on any atom is 0.269 e. The van der Waals surface area contributed by atoms with E-state index in [2.05, 4.69) is 36.3 Å². The van der Waals surface area contributed by atoms with E-state index in [1.807, 2.05) is 0 Å². The van der Waals surface area contributed by atoms with Crippen molar-refractivity contribution in [2.24, 2.45) is 0 Å². The van der Waals surface area contributed by atoms with Crippen LogP contribution in [-0.4, -0.2) is 4.92 Å². The molecule has 0 unspecified atom stereocenters. The Labute approximate surface area is 165 Å². The normalized spacial score (nSPS) is 9.68. The molecule has 0 saturated carbocycles. The van der Waals surface area contributed by atoms with Crippen molar-refractivity contribution in [2.45, 2.75) is 4.90 Å². The van der Waals surface area contributed by atoms with Gasteiger partial charge in [0, 0.05) is 28.2 Å². The van der Waals surface area contributed by atoms with Gasteiger partial charge in [-0.25, -0.2) is 8.78 Å². The first-order chi connectivity index (χ1) is 13.4. The van der Waals surface area contributed by atoms with Crippen LogP contribution in [-0.2, 0) is 0 Å². The number of thiol groups is 1.